The SMILES string of the molecule is NC(=O)C1=C(c2ccccc2)N=[C]CN1c1ccccc1. The second-order valence-corrected chi connectivity index (χ2v) is 4.62. The molecule has 0 atom stereocenters. The average molecular weight is 276 g/mol. The van der Waals surface area contributed by atoms with Gasteiger partial charge in [-0.3, -0.25) is 4.79 Å². The van der Waals surface area contributed by atoms with E-state index in [-0.39, 0.29) is 0 Å². The maximum absolute atomic E-state index is 12.0. The molecule has 0 aliphatic carbocycles. The summed E-state index contributed by atoms with van der Waals surface area (Å²) in [5.74, 6) is -0.497. The van der Waals surface area contributed by atoms with Gasteiger partial charge < -0.3 is 10.6 Å². The molecule has 2 aromatic rings. The summed E-state index contributed by atoms with van der Waals surface area (Å²) in [4.78, 5) is 18.1. The minimum Gasteiger partial charge on any atom is -0.364 e. The van der Waals surface area contributed by atoms with E-state index < -0.39 is 5.91 Å². The van der Waals surface area contributed by atoms with Crippen molar-refractivity contribution in [1.29, 1.82) is 0 Å². The lowest BCUT2D eigenvalue weighted by atomic mass is 10.1. The summed E-state index contributed by atoms with van der Waals surface area (Å²) in [5, 5.41) is 0. The standard InChI is InChI=1S/C17H14N3O/c18-17(21)16-15(13-7-3-1-4-8-13)19-11-12-20(16)14-9-5-2-6-10-14/h1-10H,12H2,(H2,18,21). The highest BCUT2D eigenvalue weighted by Crippen LogP contribution is 2.28. The molecule has 4 heteroatoms. The lowest BCUT2D eigenvalue weighted by Gasteiger charge is -2.28. The highest BCUT2D eigenvalue weighted by Gasteiger charge is 2.24. The molecule has 2 N–H and O–H groups in total. The number of hydrogen-bond acceptors (Lipinski definition) is 3. The van der Waals surface area contributed by atoms with E-state index in [4.69, 9.17) is 5.73 Å². The van der Waals surface area contributed by atoms with E-state index in [1.54, 1.807) is 0 Å². The summed E-state index contributed by atoms with van der Waals surface area (Å²) in [6, 6.07) is 19.1. The van der Waals surface area contributed by atoms with Crippen LogP contribution in [-0.4, -0.2) is 18.7 Å². The second-order valence-electron chi connectivity index (χ2n) is 4.62. The van der Waals surface area contributed by atoms with Gasteiger partial charge in [0.15, 0.2) is 0 Å². The van der Waals surface area contributed by atoms with E-state index in [1.165, 1.54) is 0 Å². The van der Waals surface area contributed by atoms with Crippen molar-refractivity contribution in [3.8, 4) is 0 Å². The third-order valence-electron chi connectivity index (χ3n) is 3.26. The van der Waals surface area contributed by atoms with Crippen LogP contribution in [0.3, 0.4) is 0 Å². The Morgan fingerprint density at radius 2 is 1.67 bits per heavy atom. The topological polar surface area (TPSA) is 58.7 Å². The maximum Gasteiger partial charge on any atom is 0.267 e. The van der Waals surface area contributed by atoms with Gasteiger partial charge in [0, 0.05) is 11.3 Å². The molecular weight excluding hydrogens is 262 g/mol. The van der Waals surface area contributed by atoms with Gasteiger partial charge in [-0.05, 0) is 12.1 Å². The summed E-state index contributed by atoms with van der Waals surface area (Å²) in [7, 11) is 0. The number of amides is 1. The summed E-state index contributed by atoms with van der Waals surface area (Å²) >= 11 is 0. The second kappa shape index (κ2) is 5.63. The summed E-state index contributed by atoms with van der Waals surface area (Å²) in [5.41, 5.74) is 8.28. The van der Waals surface area contributed by atoms with Gasteiger partial charge in [-0.15, -0.1) is 0 Å². The molecule has 0 fully saturated rings. The third-order valence-corrected chi connectivity index (χ3v) is 3.26. The number of rotatable bonds is 3. The van der Waals surface area contributed by atoms with E-state index in [9.17, 15) is 4.79 Å². The van der Waals surface area contributed by atoms with Crippen molar-refractivity contribution in [2.24, 2.45) is 10.7 Å². The van der Waals surface area contributed by atoms with Crippen LogP contribution in [0, 0.1) is 0 Å². The van der Waals surface area contributed by atoms with E-state index in [0.717, 1.165) is 11.3 Å². The largest absolute Gasteiger partial charge is 0.364 e. The predicted molar refractivity (Wildman–Crippen MR) is 83.8 cm³/mol. The molecule has 1 radical (unpaired) electrons. The summed E-state index contributed by atoms with van der Waals surface area (Å²) < 4.78 is 0. The Hall–Kier alpha value is -2.88. The Morgan fingerprint density at radius 3 is 2.29 bits per heavy atom. The van der Waals surface area contributed by atoms with Crippen LogP contribution in [0.5, 0.6) is 0 Å². The van der Waals surface area contributed by atoms with E-state index in [2.05, 4.69) is 11.2 Å². The quantitative estimate of drug-likeness (QED) is 0.935. The number of primary amides is 1. The van der Waals surface area contributed by atoms with Gasteiger partial charge in [0.2, 0.25) is 0 Å². The molecule has 0 saturated heterocycles. The van der Waals surface area contributed by atoms with Crippen molar-refractivity contribution < 1.29 is 4.79 Å². The van der Waals surface area contributed by atoms with Crippen molar-refractivity contribution in [1.82, 2.24) is 0 Å². The summed E-state index contributed by atoms with van der Waals surface area (Å²) in [6.45, 7) is 0.401. The molecule has 1 heterocycles. The molecule has 0 spiro atoms. The van der Waals surface area contributed by atoms with E-state index in [1.807, 2.05) is 65.6 Å². The Morgan fingerprint density at radius 1 is 1.05 bits per heavy atom. The minimum atomic E-state index is -0.497. The average Bonchev–Trinajstić information content (AvgIpc) is 2.55. The Balaban J connectivity index is 2.14. The van der Waals surface area contributed by atoms with Crippen molar-refractivity contribution in [3.05, 3.63) is 71.9 Å². The van der Waals surface area contributed by atoms with Crippen molar-refractivity contribution in [3.63, 3.8) is 0 Å². The van der Waals surface area contributed by atoms with Gasteiger partial charge in [0.25, 0.3) is 5.91 Å². The monoisotopic (exact) mass is 276 g/mol. The highest BCUT2D eigenvalue weighted by molar-refractivity contribution is 6.06. The first-order valence-corrected chi connectivity index (χ1v) is 6.63. The fourth-order valence-electron chi connectivity index (χ4n) is 2.32. The first-order valence-electron chi connectivity index (χ1n) is 6.63. The molecule has 1 amide bonds. The number of carbonyl (C=O) groups is 1. The highest BCUT2D eigenvalue weighted by atomic mass is 16.1. The van der Waals surface area contributed by atoms with Crippen molar-refractivity contribution in [2.75, 3.05) is 11.4 Å². The van der Waals surface area contributed by atoms with Crippen LogP contribution >= 0.6 is 0 Å². The fraction of sp³-hybridized carbons (Fsp3) is 0.0588. The van der Waals surface area contributed by atoms with Crippen LogP contribution in [0.15, 0.2) is 71.4 Å². The normalized spacial score (nSPS) is 14.4. The number of carbonyl (C=O) groups excluding carboxylic acids is 1. The van der Waals surface area contributed by atoms with Crippen LogP contribution in [0.1, 0.15) is 5.56 Å². The zero-order valence-corrected chi connectivity index (χ0v) is 11.4. The number of anilines is 1. The fourth-order valence-corrected chi connectivity index (χ4v) is 2.32. The van der Waals surface area contributed by atoms with Crippen LogP contribution in [0.2, 0.25) is 0 Å². The maximum atomic E-state index is 12.0. The van der Waals surface area contributed by atoms with Gasteiger partial charge in [-0.25, -0.2) is 4.99 Å². The molecule has 0 unspecified atom stereocenters. The molecule has 1 aliphatic rings. The third kappa shape index (κ3) is 2.56. The molecule has 3 rings (SSSR count). The zero-order chi connectivity index (χ0) is 14.7. The van der Waals surface area contributed by atoms with Crippen LogP contribution < -0.4 is 10.6 Å². The van der Waals surface area contributed by atoms with Gasteiger partial charge in [-0.1, -0.05) is 48.5 Å². The molecule has 0 bridgehead atoms. The zero-order valence-electron chi connectivity index (χ0n) is 11.4. The Kier molecular flexibility index (Phi) is 3.51. The van der Waals surface area contributed by atoms with Crippen LogP contribution in [-0.2, 0) is 4.79 Å². The predicted octanol–water partition coefficient (Wildman–Crippen LogP) is 2.31. The smallest absolute Gasteiger partial charge is 0.267 e. The van der Waals surface area contributed by atoms with Gasteiger partial charge in [0.05, 0.1) is 12.8 Å². The molecule has 103 valence electrons. The number of nitrogens with two attached hydrogens (primary N) is 1. The molecule has 0 aromatic heterocycles. The Bertz CT molecular complexity index is 705. The molecule has 0 saturated carbocycles. The van der Waals surface area contributed by atoms with Gasteiger partial charge in [-0.2, -0.15) is 0 Å². The number of hydrogen-bond donors (Lipinski definition) is 1. The first kappa shape index (κ1) is 13.1. The van der Waals surface area contributed by atoms with Gasteiger partial charge in [0.1, 0.15) is 11.4 Å². The number of nitrogens with zero attached hydrogens (tertiary/aromatic N) is 2. The van der Waals surface area contributed by atoms with Crippen molar-refractivity contribution in [2.45, 2.75) is 0 Å². The lowest BCUT2D eigenvalue weighted by Crippen LogP contribution is -2.35. The van der Waals surface area contributed by atoms with E-state index in [0.29, 0.717) is 17.9 Å². The van der Waals surface area contributed by atoms with Crippen molar-refractivity contribution >= 4 is 23.5 Å². The molecule has 1 aliphatic heterocycles. The lowest BCUT2D eigenvalue weighted by molar-refractivity contribution is -0.114. The summed E-state index contributed by atoms with van der Waals surface area (Å²) in [6.07, 6.45) is 2.95. The van der Waals surface area contributed by atoms with Crippen LogP contribution in [0.25, 0.3) is 5.70 Å². The van der Waals surface area contributed by atoms with Gasteiger partial charge >= 0.3 is 0 Å². The number of benzene rings is 2. The number of para-hydroxylation sites is 1. The van der Waals surface area contributed by atoms with E-state index >= 15 is 0 Å². The molecule has 2 aromatic carbocycles. The molecule has 21 heavy (non-hydrogen) atoms. The number of aliphatic imine (C=N–C) groups is 1. The molecular formula is C17H14N3O. The van der Waals surface area contributed by atoms with Crippen LogP contribution in [0.4, 0.5) is 5.69 Å². The molecule has 4 nitrogen and oxygen atoms in total. The Labute approximate surface area is 123 Å². The first-order chi connectivity index (χ1) is 10.3. The minimum absolute atomic E-state index is 0.395.